The van der Waals surface area contributed by atoms with Gasteiger partial charge in [-0.15, -0.1) is 0 Å². The molecule has 28 heavy (non-hydrogen) atoms. The smallest absolute Gasteiger partial charge is 0.282 e. The fourth-order valence-corrected chi connectivity index (χ4v) is 3.78. The largest absolute Gasteiger partial charge is 0.378 e. The molecule has 2 aliphatic heterocycles. The van der Waals surface area contributed by atoms with E-state index in [-0.39, 0.29) is 11.8 Å². The molecule has 0 N–H and O–H groups in total. The molecule has 0 bridgehead atoms. The topological polar surface area (TPSA) is 49.9 Å². The molecule has 0 aromatic heterocycles. The zero-order valence-electron chi connectivity index (χ0n) is 16.5. The molecule has 0 spiro atoms. The van der Waals surface area contributed by atoms with Gasteiger partial charge in [-0.05, 0) is 43.5 Å². The summed E-state index contributed by atoms with van der Waals surface area (Å²) >= 11 is 0. The highest BCUT2D eigenvalue weighted by Gasteiger charge is 2.43. The molecule has 144 valence electrons. The minimum Gasteiger partial charge on any atom is -0.378 e. The molecule has 5 nitrogen and oxygen atoms in total. The summed E-state index contributed by atoms with van der Waals surface area (Å²) in [5.74, 6) is -0.514. The van der Waals surface area contributed by atoms with E-state index in [0.717, 1.165) is 22.3 Å². The Balaban J connectivity index is 1.85. The predicted octanol–water partition coefficient (Wildman–Crippen LogP) is 3.23. The maximum absolute atomic E-state index is 13.5. The quantitative estimate of drug-likeness (QED) is 0.772. The number of anilines is 1. The molecule has 0 unspecified atom stereocenters. The molecular weight excluding hydrogens is 352 g/mol. The van der Waals surface area contributed by atoms with Gasteiger partial charge in [0.25, 0.3) is 11.8 Å². The van der Waals surface area contributed by atoms with Gasteiger partial charge in [0, 0.05) is 13.1 Å². The normalized spacial score (nSPS) is 17.7. The van der Waals surface area contributed by atoms with Crippen molar-refractivity contribution in [2.24, 2.45) is 0 Å². The molecule has 5 heteroatoms. The lowest BCUT2D eigenvalue weighted by Gasteiger charge is -2.29. The van der Waals surface area contributed by atoms with Gasteiger partial charge in [0.2, 0.25) is 0 Å². The second-order valence-electron chi connectivity index (χ2n) is 7.35. The van der Waals surface area contributed by atoms with Crippen LogP contribution >= 0.6 is 0 Å². The van der Waals surface area contributed by atoms with Crippen LogP contribution in [0.1, 0.15) is 22.3 Å². The number of benzene rings is 2. The van der Waals surface area contributed by atoms with E-state index in [9.17, 15) is 9.59 Å². The summed E-state index contributed by atoms with van der Waals surface area (Å²) in [5, 5.41) is 0. The third-order valence-electron chi connectivity index (χ3n) is 5.54. The lowest BCUT2D eigenvalue weighted by atomic mass is 10.0. The van der Waals surface area contributed by atoms with Gasteiger partial charge in [-0.2, -0.15) is 0 Å². The summed E-state index contributed by atoms with van der Waals surface area (Å²) in [6.45, 7) is 8.25. The zero-order valence-corrected chi connectivity index (χ0v) is 16.5. The summed E-state index contributed by atoms with van der Waals surface area (Å²) in [6, 6.07) is 13.5. The van der Waals surface area contributed by atoms with Crippen LogP contribution in [0.4, 0.5) is 5.69 Å². The van der Waals surface area contributed by atoms with Crippen LogP contribution in [-0.4, -0.2) is 43.0 Å². The minimum absolute atomic E-state index is 0.254. The van der Waals surface area contributed by atoms with Crippen molar-refractivity contribution in [3.63, 3.8) is 0 Å². The maximum Gasteiger partial charge on any atom is 0.282 e. The number of hydrogen-bond acceptors (Lipinski definition) is 4. The second kappa shape index (κ2) is 7.24. The van der Waals surface area contributed by atoms with Gasteiger partial charge in [0.05, 0.1) is 24.5 Å². The molecule has 2 aromatic rings. The van der Waals surface area contributed by atoms with Gasteiger partial charge >= 0.3 is 0 Å². The number of carbonyl (C=O) groups excluding carboxylic acids is 2. The van der Waals surface area contributed by atoms with Crippen molar-refractivity contribution >= 4 is 23.1 Å². The van der Waals surface area contributed by atoms with Gasteiger partial charge in [-0.3, -0.25) is 9.59 Å². The Labute approximate surface area is 165 Å². The molecule has 2 aliphatic rings. The van der Waals surface area contributed by atoms with Crippen molar-refractivity contribution in [2.45, 2.75) is 20.8 Å². The average molecular weight is 376 g/mol. The molecule has 2 amide bonds. The van der Waals surface area contributed by atoms with Crippen LogP contribution in [0, 0.1) is 20.8 Å². The van der Waals surface area contributed by atoms with E-state index in [1.54, 1.807) is 0 Å². The molecule has 2 heterocycles. The molecule has 1 fully saturated rings. The van der Waals surface area contributed by atoms with Crippen LogP contribution in [0.15, 0.2) is 48.2 Å². The van der Waals surface area contributed by atoms with E-state index in [1.165, 1.54) is 4.90 Å². The lowest BCUT2D eigenvalue weighted by molar-refractivity contribution is -0.121. The highest BCUT2D eigenvalue weighted by Crippen LogP contribution is 2.36. The summed E-state index contributed by atoms with van der Waals surface area (Å²) in [4.78, 5) is 30.3. The first-order chi connectivity index (χ1) is 13.5. The second-order valence-corrected chi connectivity index (χ2v) is 7.35. The van der Waals surface area contributed by atoms with Crippen molar-refractivity contribution < 1.29 is 14.3 Å². The number of nitrogens with zero attached hydrogens (tertiary/aromatic N) is 2. The third kappa shape index (κ3) is 3.02. The van der Waals surface area contributed by atoms with Crippen LogP contribution in [-0.2, 0) is 14.3 Å². The van der Waals surface area contributed by atoms with E-state index in [4.69, 9.17) is 4.74 Å². The number of rotatable bonds is 3. The number of aryl methyl sites for hydroxylation is 2. The SMILES string of the molecule is Cc1ccc(C2=C(N3CCOCC3)C(=O)N(c3cccc(C)c3C)C2=O)cc1. The zero-order chi connectivity index (χ0) is 19.8. The van der Waals surface area contributed by atoms with Crippen LogP contribution in [0.25, 0.3) is 5.57 Å². The monoisotopic (exact) mass is 376 g/mol. The molecule has 0 radical (unpaired) electrons. The number of imide groups is 1. The molecule has 0 atom stereocenters. The Bertz CT molecular complexity index is 970. The molecular formula is C23H24N2O3. The number of morpholine rings is 1. The average Bonchev–Trinajstić information content (AvgIpc) is 2.96. The summed E-state index contributed by atoms with van der Waals surface area (Å²) in [5.41, 5.74) is 5.50. The van der Waals surface area contributed by atoms with Crippen molar-refractivity contribution in [1.82, 2.24) is 4.90 Å². The maximum atomic E-state index is 13.5. The number of carbonyl (C=O) groups is 2. The van der Waals surface area contributed by atoms with E-state index < -0.39 is 0 Å². The van der Waals surface area contributed by atoms with E-state index >= 15 is 0 Å². The summed E-state index contributed by atoms with van der Waals surface area (Å²) in [6.07, 6.45) is 0. The minimum atomic E-state index is -0.260. The Morgan fingerprint density at radius 1 is 0.857 bits per heavy atom. The van der Waals surface area contributed by atoms with Crippen LogP contribution < -0.4 is 4.90 Å². The first-order valence-electron chi connectivity index (χ1n) is 9.58. The fraction of sp³-hybridized carbons (Fsp3) is 0.304. The Morgan fingerprint density at radius 2 is 1.54 bits per heavy atom. The van der Waals surface area contributed by atoms with E-state index in [1.807, 2.05) is 68.1 Å². The standard InChI is InChI=1S/C23H24N2O3/c1-15-7-9-18(10-8-15)20-21(24-11-13-28-14-12-24)23(27)25(22(20)26)19-6-4-5-16(2)17(19)3/h4-10H,11-14H2,1-3H3. The molecule has 0 saturated carbocycles. The Kier molecular flexibility index (Phi) is 4.77. The highest BCUT2D eigenvalue weighted by atomic mass is 16.5. The van der Waals surface area contributed by atoms with Crippen molar-refractivity contribution in [3.05, 3.63) is 70.4 Å². The van der Waals surface area contributed by atoms with Crippen molar-refractivity contribution in [2.75, 3.05) is 31.2 Å². The van der Waals surface area contributed by atoms with Crippen LogP contribution in [0.3, 0.4) is 0 Å². The summed E-state index contributed by atoms with van der Waals surface area (Å²) in [7, 11) is 0. The lowest BCUT2D eigenvalue weighted by Crippen LogP contribution is -2.40. The first kappa shape index (κ1) is 18.4. The van der Waals surface area contributed by atoms with E-state index in [0.29, 0.717) is 43.3 Å². The van der Waals surface area contributed by atoms with Gasteiger partial charge in [-0.25, -0.2) is 4.90 Å². The molecule has 1 saturated heterocycles. The van der Waals surface area contributed by atoms with E-state index in [2.05, 4.69) is 0 Å². The Hall–Kier alpha value is -2.92. The fourth-order valence-electron chi connectivity index (χ4n) is 3.78. The van der Waals surface area contributed by atoms with Gasteiger partial charge < -0.3 is 9.64 Å². The van der Waals surface area contributed by atoms with Gasteiger partial charge in [0.1, 0.15) is 5.70 Å². The predicted molar refractivity (Wildman–Crippen MR) is 109 cm³/mol. The van der Waals surface area contributed by atoms with Crippen molar-refractivity contribution in [1.29, 1.82) is 0 Å². The van der Waals surface area contributed by atoms with Crippen molar-refractivity contribution in [3.8, 4) is 0 Å². The molecule has 0 aliphatic carbocycles. The van der Waals surface area contributed by atoms with Gasteiger partial charge in [0.15, 0.2) is 0 Å². The number of amides is 2. The Morgan fingerprint density at radius 3 is 2.21 bits per heavy atom. The number of hydrogen-bond donors (Lipinski definition) is 0. The van der Waals surface area contributed by atoms with Gasteiger partial charge in [-0.1, -0.05) is 42.0 Å². The third-order valence-corrected chi connectivity index (χ3v) is 5.54. The highest BCUT2D eigenvalue weighted by molar-refractivity contribution is 6.45. The number of ether oxygens (including phenoxy) is 1. The molecule has 4 rings (SSSR count). The molecule has 2 aromatic carbocycles. The van der Waals surface area contributed by atoms with Crippen LogP contribution in [0.2, 0.25) is 0 Å². The summed E-state index contributed by atoms with van der Waals surface area (Å²) < 4.78 is 5.45. The van der Waals surface area contributed by atoms with Crippen LogP contribution in [0.5, 0.6) is 0 Å². The first-order valence-corrected chi connectivity index (χ1v) is 9.58.